The molecule has 0 radical (unpaired) electrons. The molecule has 0 aliphatic carbocycles. The van der Waals surface area contributed by atoms with Crippen LogP contribution in [0.3, 0.4) is 0 Å². The summed E-state index contributed by atoms with van der Waals surface area (Å²) in [4.78, 5) is 0. The number of nitrogens with zero attached hydrogens (tertiary/aromatic N) is 2. The van der Waals surface area contributed by atoms with Gasteiger partial charge in [-0.1, -0.05) is 91.8 Å². The van der Waals surface area contributed by atoms with Crippen LogP contribution in [0, 0.1) is 0 Å². The van der Waals surface area contributed by atoms with Crippen molar-refractivity contribution < 1.29 is 0 Å². The summed E-state index contributed by atoms with van der Waals surface area (Å²) in [7, 11) is 0. The predicted octanol–water partition coefficient (Wildman–Crippen LogP) is 5.34. The number of benzene rings is 1. The molecule has 0 aliphatic heterocycles. The van der Waals surface area contributed by atoms with Gasteiger partial charge in [0.25, 0.3) is 0 Å². The summed E-state index contributed by atoms with van der Waals surface area (Å²) < 4.78 is 1.02. The normalized spacial score (nSPS) is 11.1. The highest BCUT2D eigenvalue weighted by Gasteiger charge is 2.02. The fraction of sp³-hybridized carbons (Fsp3) is 0.412. The van der Waals surface area contributed by atoms with Gasteiger partial charge in [0.2, 0.25) is 5.13 Å². The smallest absolute Gasteiger partial charge is 0.206 e. The van der Waals surface area contributed by atoms with Crippen LogP contribution in [0.1, 0.15) is 38.2 Å². The Morgan fingerprint density at radius 2 is 2.00 bits per heavy atom. The quantitative estimate of drug-likeness (QED) is 0.471. The SMILES string of the molecule is CCCCCCNc1nnc(SC/C=C/c2ccccc2)s1. The van der Waals surface area contributed by atoms with Gasteiger partial charge in [0, 0.05) is 12.3 Å². The van der Waals surface area contributed by atoms with Crippen LogP contribution in [0.2, 0.25) is 0 Å². The van der Waals surface area contributed by atoms with E-state index in [0.717, 1.165) is 21.8 Å². The molecule has 3 nitrogen and oxygen atoms in total. The molecule has 0 saturated heterocycles. The first-order chi connectivity index (χ1) is 10.9. The Morgan fingerprint density at radius 3 is 2.82 bits per heavy atom. The topological polar surface area (TPSA) is 37.8 Å². The number of anilines is 1. The first-order valence-corrected chi connectivity index (χ1v) is 9.60. The summed E-state index contributed by atoms with van der Waals surface area (Å²) in [6, 6.07) is 10.3. The number of thioether (sulfide) groups is 1. The van der Waals surface area contributed by atoms with Crippen LogP contribution in [-0.4, -0.2) is 22.5 Å². The lowest BCUT2D eigenvalue weighted by molar-refractivity contribution is 0.684. The summed E-state index contributed by atoms with van der Waals surface area (Å²) in [6.07, 6.45) is 9.38. The lowest BCUT2D eigenvalue weighted by Crippen LogP contribution is -2.00. The van der Waals surface area contributed by atoms with Crippen molar-refractivity contribution in [3.05, 3.63) is 42.0 Å². The minimum Gasteiger partial charge on any atom is -0.360 e. The van der Waals surface area contributed by atoms with Crippen molar-refractivity contribution in [3.63, 3.8) is 0 Å². The van der Waals surface area contributed by atoms with Crippen molar-refractivity contribution in [1.29, 1.82) is 0 Å². The van der Waals surface area contributed by atoms with E-state index in [-0.39, 0.29) is 0 Å². The molecule has 1 aromatic heterocycles. The lowest BCUT2D eigenvalue weighted by Gasteiger charge is -2.00. The summed E-state index contributed by atoms with van der Waals surface area (Å²) >= 11 is 3.36. The van der Waals surface area contributed by atoms with Gasteiger partial charge in [-0.15, -0.1) is 10.2 Å². The Bertz CT molecular complexity index is 552. The van der Waals surface area contributed by atoms with E-state index >= 15 is 0 Å². The van der Waals surface area contributed by atoms with E-state index in [9.17, 15) is 0 Å². The van der Waals surface area contributed by atoms with Crippen LogP contribution in [-0.2, 0) is 0 Å². The van der Waals surface area contributed by atoms with Gasteiger partial charge in [0.1, 0.15) is 0 Å². The Labute approximate surface area is 141 Å². The van der Waals surface area contributed by atoms with E-state index in [1.54, 1.807) is 23.1 Å². The maximum Gasteiger partial charge on any atom is 0.206 e. The standard InChI is InChI=1S/C17H23N3S2/c1-2-3-4-8-13-18-16-19-20-17(22-16)21-14-9-12-15-10-6-5-7-11-15/h5-7,9-12H,2-4,8,13-14H2,1H3,(H,18,19)/b12-9+. The second kappa shape index (κ2) is 10.4. The molecule has 0 amide bonds. The Hall–Kier alpha value is -1.33. The van der Waals surface area contributed by atoms with E-state index in [1.165, 1.54) is 31.2 Å². The fourth-order valence-electron chi connectivity index (χ4n) is 1.95. The van der Waals surface area contributed by atoms with Gasteiger partial charge in [-0.2, -0.15) is 0 Å². The van der Waals surface area contributed by atoms with E-state index in [2.05, 4.69) is 58.9 Å². The predicted molar refractivity (Wildman–Crippen MR) is 98.7 cm³/mol. The first kappa shape index (κ1) is 17.0. The molecule has 0 fully saturated rings. The molecule has 118 valence electrons. The first-order valence-electron chi connectivity index (χ1n) is 7.80. The summed E-state index contributed by atoms with van der Waals surface area (Å²) in [5.41, 5.74) is 1.23. The summed E-state index contributed by atoms with van der Waals surface area (Å²) in [5, 5.41) is 12.7. The van der Waals surface area contributed by atoms with E-state index < -0.39 is 0 Å². The van der Waals surface area contributed by atoms with Crippen molar-refractivity contribution in [3.8, 4) is 0 Å². The molecular formula is C17H23N3S2. The number of hydrogen-bond donors (Lipinski definition) is 1. The second-order valence-corrected chi connectivity index (χ2v) is 7.23. The zero-order valence-electron chi connectivity index (χ0n) is 13.0. The van der Waals surface area contributed by atoms with E-state index in [0.29, 0.717) is 0 Å². The molecule has 5 heteroatoms. The molecule has 0 saturated carbocycles. The molecule has 22 heavy (non-hydrogen) atoms. The monoisotopic (exact) mass is 333 g/mol. The highest BCUT2D eigenvalue weighted by atomic mass is 32.2. The average molecular weight is 334 g/mol. The maximum atomic E-state index is 4.21. The highest BCUT2D eigenvalue weighted by molar-refractivity contribution is 8.01. The zero-order chi connectivity index (χ0) is 15.5. The lowest BCUT2D eigenvalue weighted by atomic mass is 10.2. The van der Waals surface area contributed by atoms with Crippen molar-refractivity contribution in [1.82, 2.24) is 10.2 Å². The number of nitrogens with one attached hydrogen (secondary N) is 1. The van der Waals surface area contributed by atoms with Crippen molar-refractivity contribution in [2.45, 2.75) is 36.9 Å². The Morgan fingerprint density at radius 1 is 1.14 bits per heavy atom. The van der Waals surface area contributed by atoms with Crippen LogP contribution < -0.4 is 5.32 Å². The van der Waals surface area contributed by atoms with Crippen molar-refractivity contribution in [2.24, 2.45) is 0 Å². The third kappa shape index (κ3) is 6.62. The van der Waals surface area contributed by atoms with Gasteiger partial charge >= 0.3 is 0 Å². The Kier molecular flexibility index (Phi) is 8.05. The van der Waals surface area contributed by atoms with Crippen LogP contribution in [0.15, 0.2) is 40.7 Å². The zero-order valence-corrected chi connectivity index (χ0v) is 14.6. The number of rotatable bonds is 10. The fourth-order valence-corrected chi connectivity index (χ4v) is 3.57. The summed E-state index contributed by atoms with van der Waals surface area (Å²) in [6.45, 7) is 3.22. The molecule has 1 heterocycles. The molecule has 0 aliphatic rings. The van der Waals surface area contributed by atoms with Crippen LogP contribution in [0.25, 0.3) is 6.08 Å². The van der Waals surface area contributed by atoms with Gasteiger partial charge in [0.15, 0.2) is 4.34 Å². The molecule has 0 unspecified atom stereocenters. The van der Waals surface area contributed by atoms with Gasteiger partial charge < -0.3 is 5.32 Å². The number of unbranched alkanes of at least 4 members (excludes halogenated alkanes) is 3. The van der Waals surface area contributed by atoms with Gasteiger partial charge in [-0.05, 0) is 12.0 Å². The minimum absolute atomic E-state index is 0.917. The molecule has 0 atom stereocenters. The maximum absolute atomic E-state index is 4.21. The van der Waals surface area contributed by atoms with Crippen LogP contribution in [0.4, 0.5) is 5.13 Å². The van der Waals surface area contributed by atoms with Crippen LogP contribution >= 0.6 is 23.1 Å². The van der Waals surface area contributed by atoms with E-state index in [1.807, 2.05) is 6.07 Å². The molecule has 0 spiro atoms. The van der Waals surface area contributed by atoms with Crippen molar-refractivity contribution >= 4 is 34.3 Å². The van der Waals surface area contributed by atoms with Crippen molar-refractivity contribution in [2.75, 3.05) is 17.6 Å². The highest BCUT2D eigenvalue weighted by Crippen LogP contribution is 2.25. The number of aromatic nitrogens is 2. The third-order valence-electron chi connectivity index (χ3n) is 3.13. The molecule has 2 aromatic rings. The summed E-state index contributed by atoms with van der Waals surface area (Å²) in [5.74, 6) is 0.917. The minimum atomic E-state index is 0.917. The number of hydrogen-bond acceptors (Lipinski definition) is 5. The van der Waals surface area contributed by atoms with Gasteiger partial charge in [-0.25, -0.2) is 0 Å². The molecule has 1 aromatic carbocycles. The average Bonchev–Trinajstić information content (AvgIpc) is 3.00. The second-order valence-electron chi connectivity index (χ2n) is 4.98. The largest absolute Gasteiger partial charge is 0.360 e. The molecule has 0 bridgehead atoms. The molecule has 2 rings (SSSR count). The third-order valence-corrected chi connectivity index (χ3v) is 5.09. The molecular weight excluding hydrogens is 310 g/mol. The van der Waals surface area contributed by atoms with E-state index in [4.69, 9.17) is 0 Å². The van der Waals surface area contributed by atoms with Crippen LogP contribution in [0.5, 0.6) is 0 Å². The van der Waals surface area contributed by atoms with Gasteiger partial charge in [0.05, 0.1) is 0 Å². The Balaban J connectivity index is 1.65. The molecule has 1 N–H and O–H groups in total. The van der Waals surface area contributed by atoms with Gasteiger partial charge in [-0.3, -0.25) is 0 Å².